The number of aryl methyl sites for hydroxylation is 2. The van der Waals surface area contributed by atoms with Gasteiger partial charge in [-0.15, -0.1) is 5.10 Å². The van der Waals surface area contributed by atoms with Gasteiger partial charge >= 0.3 is 0 Å². The van der Waals surface area contributed by atoms with E-state index in [1.165, 1.54) is 0 Å². The van der Waals surface area contributed by atoms with E-state index >= 15 is 0 Å². The molecular weight excluding hydrogens is 410 g/mol. The van der Waals surface area contributed by atoms with Crippen molar-refractivity contribution in [2.45, 2.75) is 51.6 Å². The molecule has 160 valence electrons. The third-order valence-corrected chi connectivity index (χ3v) is 6.14. The fraction of sp³-hybridized carbons (Fsp3) is 0.348. The summed E-state index contributed by atoms with van der Waals surface area (Å²) in [7, 11) is 0. The molecule has 1 saturated carbocycles. The van der Waals surface area contributed by atoms with Crippen LogP contribution in [-0.4, -0.2) is 32.4 Å². The van der Waals surface area contributed by atoms with E-state index < -0.39 is 6.04 Å². The number of hydrogen-bond donors (Lipinski definition) is 1. The molecule has 0 spiro atoms. The molecule has 0 unspecified atom stereocenters. The van der Waals surface area contributed by atoms with Crippen LogP contribution in [0.5, 0.6) is 0 Å². The molecule has 1 aromatic carbocycles. The minimum absolute atomic E-state index is 0.133. The largest absolute Gasteiger partial charge is 0.351 e. The van der Waals surface area contributed by atoms with Crippen LogP contribution in [0.3, 0.4) is 0 Å². The molecule has 1 fully saturated rings. The number of pyridine rings is 1. The van der Waals surface area contributed by atoms with Crippen LogP contribution in [0.2, 0.25) is 0 Å². The Balaban J connectivity index is 1.82. The van der Waals surface area contributed by atoms with Gasteiger partial charge in [-0.3, -0.25) is 19.5 Å². The second-order valence-corrected chi connectivity index (χ2v) is 8.54. The number of nitrogens with one attached hydrogen (secondary N) is 1. The Morgan fingerprint density at radius 2 is 1.87 bits per heavy atom. The first-order valence-corrected chi connectivity index (χ1v) is 11.3. The molecule has 0 aliphatic heterocycles. The van der Waals surface area contributed by atoms with E-state index in [9.17, 15) is 9.59 Å². The summed E-state index contributed by atoms with van der Waals surface area (Å²) >= 11 is 1.11. The number of aromatic nitrogens is 3. The van der Waals surface area contributed by atoms with Crippen molar-refractivity contribution in [3.05, 3.63) is 70.5 Å². The van der Waals surface area contributed by atoms with Crippen LogP contribution in [0.4, 0.5) is 5.69 Å². The molecule has 0 bridgehead atoms. The highest BCUT2D eigenvalue weighted by Gasteiger charge is 2.36. The molecule has 1 aliphatic carbocycles. The Morgan fingerprint density at radius 1 is 1.13 bits per heavy atom. The van der Waals surface area contributed by atoms with E-state index in [1.54, 1.807) is 34.8 Å². The first-order valence-electron chi connectivity index (χ1n) is 10.4. The van der Waals surface area contributed by atoms with Crippen LogP contribution in [0.15, 0.2) is 48.1 Å². The van der Waals surface area contributed by atoms with Crippen LogP contribution in [-0.2, 0) is 4.79 Å². The van der Waals surface area contributed by atoms with Gasteiger partial charge in [0, 0.05) is 29.5 Å². The fourth-order valence-corrected chi connectivity index (χ4v) is 4.57. The lowest BCUT2D eigenvalue weighted by molar-refractivity contribution is -0.123. The topological polar surface area (TPSA) is 88.1 Å². The average Bonchev–Trinajstić information content (AvgIpc) is 3.47. The van der Waals surface area contributed by atoms with E-state index in [1.807, 2.05) is 32.0 Å². The summed E-state index contributed by atoms with van der Waals surface area (Å²) in [6.45, 7) is 3.95. The van der Waals surface area contributed by atoms with E-state index in [4.69, 9.17) is 0 Å². The molecule has 2 amide bonds. The number of rotatable bonds is 6. The first-order chi connectivity index (χ1) is 15.0. The van der Waals surface area contributed by atoms with Crippen LogP contribution in [0.1, 0.15) is 58.9 Å². The van der Waals surface area contributed by atoms with Gasteiger partial charge in [0.25, 0.3) is 5.91 Å². The van der Waals surface area contributed by atoms with Crippen molar-refractivity contribution in [1.29, 1.82) is 0 Å². The highest BCUT2D eigenvalue weighted by atomic mass is 32.1. The second kappa shape index (κ2) is 9.34. The van der Waals surface area contributed by atoms with Gasteiger partial charge in [-0.1, -0.05) is 35.0 Å². The molecular formula is C23H25N5O2S. The minimum atomic E-state index is -0.848. The molecule has 1 atom stereocenters. The molecule has 0 radical (unpaired) electrons. The number of carbonyl (C=O) groups excluding carboxylic acids is 2. The van der Waals surface area contributed by atoms with Crippen molar-refractivity contribution >= 4 is 29.0 Å². The second-order valence-electron chi connectivity index (χ2n) is 7.93. The van der Waals surface area contributed by atoms with Gasteiger partial charge in [0.1, 0.15) is 6.04 Å². The summed E-state index contributed by atoms with van der Waals surface area (Å²) in [5.41, 5.74) is 3.58. The Labute approximate surface area is 185 Å². The Bertz CT molecular complexity index is 1050. The molecule has 31 heavy (non-hydrogen) atoms. The zero-order valence-electron chi connectivity index (χ0n) is 17.6. The smallest absolute Gasteiger partial charge is 0.280 e. The van der Waals surface area contributed by atoms with Crippen molar-refractivity contribution in [3.63, 3.8) is 0 Å². The molecule has 3 aromatic rings. The van der Waals surface area contributed by atoms with Crippen LogP contribution in [0.25, 0.3) is 0 Å². The lowest BCUT2D eigenvalue weighted by Gasteiger charge is -2.32. The third kappa shape index (κ3) is 4.64. The first kappa shape index (κ1) is 21.1. The van der Waals surface area contributed by atoms with Crippen LogP contribution in [0, 0.1) is 13.8 Å². The predicted molar refractivity (Wildman–Crippen MR) is 120 cm³/mol. The maximum absolute atomic E-state index is 13.6. The molecule has 7 nitrogen and oxygen atoms in total. The molecule has 1 N–H and O–H groups in total. The quantitative estimate of drug-likeness (QED) is 0.632. The Hall–Kier alpha value is -3.13. The number of carbonyl (C=O) groups is 2. The summed E-state index contributed by atoms with van der Waals surface area (Å²) < 4.78 is 3.85. The summed E-state index contributed by atoms with van der Waals surface area (Å²) in [6, 6.07) is 8.69. The summed E-state index contributed by atoms with van der Waals surface area (Å²) in [5, 5.41) is 8.76. The summed E-state index contributed by atoms with van der Waals surface area (Å²) in [6.07, 6.45) is 7.41. The van der Waals surface area contributed by atoms with E-state index in [2.05, 4.69) is 19.9 Å². The lowest BCUT2D eigenvalue weighted by atomic mass is 10.0. The lowest BCUT2D eigenvalue weighted by Crippen LogP contribution is -2.46. The molecule has 4 rings (SSSR count). The molecule has 1 aliphatic rings. The third-order valence-electron chi connectivity index (χ3n) is 5.64. The van der Waals surface area contributed by atoms with Gasteiger partial charge < -0.3 is 5.32 Å². The van der Waals surface area contributed by atoms with Crippen molar-refractivity contribution in [3.8, 4) is 0 Å². The average molecular weight is 436 g/mol. The zero-order valence-corrected chi connectivity index (χ0v) is 18.4. The van der Waals surface area contributed by atoms with E-state index in [0.717, 1.165) is 48.3 Å². The maximum Gasteiger partial charge on any atom is 0.280 e. The molecule has 8 heteroatoms. The van der Waals surface area contributed by atoms with Crippen molar-refractivity contribution < 1.29 is 9.59 Å². The van der Waals surface area contributed by atoms with E-state index in [0.29, 0.717) is 11.3 Å². The number of hydrogen-bond acceptors (Lipinski definition) is 6. The van der Waals surface area contributed by atoms with Gasteiger partial charge in [0.05, 0.1) is 0 Å². The number of amides is 2. The monoisotopic (exact) mass is 435 g/mol. The predicted octanol–water partition coefficient (Wildman–Crippen LogP) is 4.00. The van der Waals surface area contributed by atoms with Gasteiger partial charge in [-0.05, 0) is 67.5 Å². The Kier molecular flexibility index (Phi) is 6.36. The summed E-state index contributed by atoms with van der Waals surface area (Å²) in [5.74, 6) is -0.557. The number of nitrogens with zero attached hydrogens (tertiary/aromatic N) is 4. The van der Waals surface area contributed by atoms with Crippen molar-refractivity contribution in [2.75, 3.05) is 4.90 Å². The highest BCUT2D eigenvalue weighted by molar-refractivity contribution is 7.03. The zero-order chi connectivity index (χ0) is 21.8. The van der Waals surface area contributed by atoms with Gasteiger partial charge in [-0.25, -0.2) is 0 Å². The van der Waals surface area contributed by atoms with Crippen molar-refractivity contribution in [1.82, 2.24) is 19.9 Å². The van der Waals surface area contributed by atoms with Gasteiger partial charge in [0.2, 0.25) is 5.91 Å². The highest BCUT2D eigenvalue weighted by Crippen LogP contribution is 2.33. The van der Waals surface area contributed by atoms with Gasteiger partial charge in [-0.2, -0.15) is 0 Å². The summed E-state index contributed by atoms with van der Waals surface area (Å²) in [4.78, 5) is 32.9. The number of anilines is 1. The standard InChI is InChI=1S/C23H25N5O2S/c1-15-7-8-20(16(2)13-15)28(23(30)19-14-31-27-26-19)21(17-9-11-24-12-10-17)22(29)25-18-5-3-4-6-18/h7-14,18,21H,3-6H2,1-2H3,(H,25,29)/t21-/m0/s1. The van der Waals surface area contributed by atoms with E-state index in [-0.39, 0.29) is 23.6 Å². The fourth-order valence-electron chi connectivity index (χ4n) is 4.14. The SMILES string of the molecule is Cc1ccc(N(C(=O)c2csnn2)[C@H](C(=O)NC2CCCC2)c2ccncc2)c(C)c1. The number of benzene rings is 1. The van der Waals surface area contributed by atoms with Crippen LogP contribution >= 0.6 is 11.5 Å². The molecule has 2 heterocycles. The van der Waals surface area contributed by atoms with Crippen LogP contribution < -0.4 is 10.2 Å². The minimum Gasteiger partial charge on any atom is -0.351 e. The molecule has 2 aromatic heterocycles. The maximum atomic E-state index is 13.6. The van der Waals surface area contributed by atoms with Crippen molar-refractivity contribution in [2.24, 2.45) is 0 Å². The Morgan fingerprint density at radius 3 is 2.52 bits per heavy atom. The molecule has 0 saturated heterocycles. The normalized spacial score (nSPS) is 14.9. The van der Waals surface area contributed by atoms with Gasteiger partial charge in [0.15, 0.2) is 5.69 Å².